The maximum atomic E-state index is 14.2. The fourth-order valence-electron chi connectivity index (χ4n) is 3.61. The highest BCUT2D eigenvalue weighted by Crippen LogP contribution is 2.28. The maximum Gasteiger partial charge on any atom is 0.255 e. The molecule has 4 rings (SSSR count). The molecule has 30 heavy (non-hydrogen) atoms. The van der Waals surface area contributed by atoms with Crippen molar-refractivity contribution in [2.75, 3.05) is 31.7 Å². The molecular weight excluding hydrogens is 387 g/mol. The van der Waals surface area contributed by atoms with Crippen LogP contribution in [-0.4, -0.2) is 41.3 Å². The van der Waals surface area contributed by atoms with Crippen molar-refractivity contribution in [2.45, 2.75) is 12.5 Å². The van der Waals surface area contributed by atoms with Gasteiger partial charge in [0.1, 0.15) is 5.75 Å². The average Bonchev–Trinajstić information content (AvgIpc) is 3.02. The lowest BCUT2D eigenvalue weighted by molar-refractivity contribution is 0.0646. The standard InChI is InChI=1S/C22H23FN4O3/c1-26-21(28)13-19(17-6-8-24-14-18(17)23)25-22(26)27-9-7-20(30-11-10-27)15-4-3-5-16(12-15)29-2/h3-6,8,12-14,20H,7,9-11H2,1-2H3. The second-order valence-corrected chi connectivity index (χ2v) is 7.11. The van der Waals surface area contributed by atoms with Gasteiger partial charge in [0.2, 0.25) is 5.95 Å². The fourth-order valence-corrected chi connectivity index (χ4v) is 3.61. The molecule has 0 aliphatic carbocycles. The van der Waals surface area contributed by atoms with Gasteiger partial charge in [-0.3, -0.25) is 14.3 Å². The van der Waals surface area contributed by atoms with Crippen LogP contribution in [-0.2, 0) is 11.8 Å². The van der Waals surface area contributed by atoms with Crippen LogP contribution in [0.3, 0.4) is 0 Å². The van der Waals surface area contributed by atoms with Gasteiger partial charge in [-0.25, -0.2) is 9.37 Å². The molecule has 2 aromatic heterocycles. The van der Waals surface area contributed by atoms with Crippen molar-refractivity contribution >= 4 is 5.95 Å². The molecule has 3 heterocycles. The number of rotatable bonds is 4. The minimum Gasteiger partial charge on any atom is -0.497 e. The molecular formula is C22H23FN4O3. The van der Waals surface area contributed by atoms with E-state index in [0.717, 1.165) is 23.9 Å². The molecule has 1 aliphatic rings. The van der Waals surface area contributed by atoms with Crippen molar-refractivity contribution in [3.8, 4) is 17.0 Å². The maximum absolute atomic E-state index is 14.2. The lowest BCUT2D eigenvalue weighted by Gasteiger charge is -2.23. The number of benzene rings is 1. The summed E-state index contributed by atoms with van der Waals surface area (Å²) in [6, 6.07) is 10.7. The van der Waals surface area contributed by atoms with Crippen molar-refractivity contribution in [2.24, 2.45) is 7.05 Å². The Labute approximate surface area is 173 Å². The lowest BCUT2D eigenvalue weighted by Crippen LogP contribution is -2.33. The summed E-state index contributed by atoms with van der Waals surface area (Å²) in [5.74, 6) is 0.762. The quantitative estimate of drug-likeness (QED) is 0.659. The second-order valence-electron chi connectivity index (χ2n) is 7.11. The zero-order valence-corrected chi connectivity index (χ0v) is 16.9. The highest BCUT2D eigenvalue weighted by Gasteiger charge is 2.23. The predicted molar refractivity (Wildman–Crippen MR) is 111 cm³/mol. The van der Waals surface area contributed by atoms with Crippen molar-refractivity contribution in [3.05, 3.63) is 70.5 Å². The normalized spacial score (nSPS) is 16.9. The van der Waals surface area contributed by atoms with Crippen LogP contribution in [0.25, 0.3) is 11.3 Å². The monoisotopic (exact) mass is 410 g/mol. The molecule has 0 spiro atoms. The first-order chi connectivity index (χ1) is 14.6. The molecule has 156 valence electrons. The predicted octanol–water partition coefficient (Wildman–Crippen LogP) is 2.96. The molecule has 1 aromatic carbocycles. The number of anilines is 1. The Morgan fingerprint density at radius 3 is 2.90 bits per heavy atom. The largest absolute Gasteiger partial charge is 0.497 e. The van der Waals surface area contributed by atoms with Crippen LogP contribution in [0.2, 0.25) is 0 Å². The summed E-state index contributed by atoms with van der Waals surface area (Å²) in [5, 5.41) is 0. The molecule has 3 aromatic rings. The summed E-state index contributed by atoms with van der Waals surface area (Å²) in [6.45, 7) is 1.69. The SMILES string of the molecule is COc1cccc(C2CCN(c3nc(-c4ccncc4F)cc(=O)n3C)CCO2)c1. The fraction of sp³-hybridized carbons (Fsp3) is 0.318. The molecule has 0 saturated carbocycles. The van der Waals surface area contributed by atoms with Crippen LogP contribution in [0, 0.1) is 5.82 Å². The van der Waals surface area contributed by atoms with E-state index in [1.165, 1.54) is 22.9 Å². The zero-order chi connectivity index (χ0) is 21.1. The molecule has 7 nitrogen and oxygen atoms in total. The van der Waals surface area contributed by atoms with E-state index in [9.17, 15) is 9.18 Å². The summed E-state index contributed by atoms with van der Waals surface area (Å²) in [7, 11) is 3.31. The number of ether oxygens (including phenoxy) is 2. The minimum absolute atomic E-state index is 0.0806. The minimum atomic E-state index is -0.513. The smallest absolute Gasteiger partial charge is 0.255 e. The zero-order valence-electron chi connectivity index (χ0n) is 16.9. The van der Waals surface area contributed by atoms with Crippen LogP contribution < -0.4 is 15.2 Å². The third-order valence-electron chi connectivity index (χ3n) is 5.25. The summed E-state index contributed by atoms with van der Waals surface area (Å²) < 4.78 is 27.0. The molecule has 1 unspecified atom stereocenters. The topological polar surface area (TPSA) is 69.5 Å². The van der Waals surface area contributed by atoms with Gasteiger partial charge < -0.3 is 14.4 Å². The highest BCUT2D eigenvalue weighted by atomic mass is 19.1. The van der Waals surface area contributed by atoms with Gasteiger partial charge in [-0.2, -0.15) is 0 Å². The molecule has 1 saturated heterocycles. The van der Waals surface area contributed by atoms with Gasteiger partial charge in [-0.15, -0.1) is 0 Å². The first kappa shape index (κ1) is 20.0. The van der Waals surface area contributed by atoms with E-state index < -0.39 is 5.82 Å². The number of methoxy groups -OCH3 is 1. The average molecular weight is 410 g/mol. The Balaban J connectivity index is 1.61. The van der Waals surface area contributed by atoms with Gasteiger partial charge in [-0.05, 0) is 30.2 Å². The van der Waals surface area contributed by atoms with Gasteiger partial charge in [-0.1, -0.05) is 12.1 Å². The molecule has 1 fully saturated rings. The van der Waals surface area contributed by atoms with E-state index in [0.29, 0.717) is 31.3 Å². The van der Waals surface area contributed by atoms with E-state index in [4.69, 9.17) is 9.47 Å². The number of pyridine rings is 1. The van der Waals surface area contributed by atoms with Gasteiger partial charge in [0.25, 0.3) is 5.56 Å². The number of hydrogen-bond acceptors (Lipinski definition) is 6. The van der Waals surface area contributed by atoms with E-state index in [1.807, 2.05) is 29.2 Å². The number of hydrogen-bond donors (Lipinski definition) is 0. The number of halogens is 1. The summed E-state index contributed by atoms with van der Waals surface area (Å²) in [6.07, 6.45) is 3.24. The molecule has 0 radical (unpaired) electrons. The first-order valence-electron chi connectivity index (χ1n) is 9.75. The van der Waals surface area contributed by atoms with E-state index >= 15 is 0 Å². The molecule has 0 N–H and O–H groups in total. The van der Waals surface area contributed by atoms with Gasteiger partial charge >= 0.3 is 0 Å². The summed E-state index contributed by atoms with van der Waals surface area (Å²) in [5.41, 5.74) is 1.35. The Morgan fingerprint density at radius 1 is 1.23 bits per heavy atom. The number of nitrogens with zero attached hydrogens (tertiary/aromatic N) is 4. The second kappa shape index (κ2) is 8.62. The van der Waals surface area contributed by atoms with Crippen molar-refractivity contribution < 1.29 is 13.9 Å². The van der Waals surface area contributed by atoms with Crippen LogP contribution in [0.1, 0.15) is 18.1 Å². The van der Waals surface area contributed by atoms with Crippen LogP contribution in [0.5, 0.6) is 5.75 Å². The van der Waals surface area contributed by atoms with E-state index in [2.05, 4.69) is 9.97 Å². The molecule has 8 heteroatoms. The third-order valence-corrected chi connectivity index (χ3v) is 5.25. The Hall–Kier alpha value is -3.26. The molecule has 0 amide bonds. The Kier molecular flexibility index (Phi) is 5.76. The van der Waals surface area contributed by atoms with E-state index in [1.54, 1.807) is 14.2 Å². The number of aromatic nitrogens is 3. The van der Waals surface area contributed by atoms with Gasteiger partial charge in [0.15, 0.2) is 5.82 Å². The van der Waals surface area contributed by atoms with E-state index in [-0.39, 0.29) is 17.2 Å². The molecule has 1 atom stereocenters. The van der Waals surface area contributed by atoms with Gasteiger partial charge in [0.05, 0.1) is 31.7 Å². The lowest BCUT2D eigenvalue weighted by atomic mass is 10.1. The van der Waals surface area contributed by atoms with Crippen molar-refractivity contribution in [1.82, 2.24) is 14.5 Å². The molecule has 1 aliphatic heterocycles. The third kappa shape index (κ3) is 4.04. The first-order valence-corrected chi connectivity index (χ1v) is 9.75. The Morgan fingerprint density at radius 2 is 2.10 bits per heavy atom. The van der Waals surface area contributed by atoms with Crippen molar-refractivity contribution in [3.63, 3.8) is 0 Å². The van der Waals surface area contributed by atoms with Crippen LogP contribution >= 0.6 is 0 Å². The highest BCUT2D eigenvalue weighted by molar-refractivity contribution is 5.60. The van der Waals surface area contributed by atoms with Crippen LogP contribution in [0.15, 0.2) is 53.6 Å². The summed E-state index contributed by atoms with van der Waals surface area (Å²) in [4.78, 5) is 22.9. The van der Waals surface area contributed by atoms with Crippen LogP contribution in [0.4, 0.5) is 10.3 Å². The van der Waals surface area contributed by atoms with Gasteiger partial charge in [0, 0.05) is 38.0 Å². The Bertz CT molecular complexity index is 1100. The van der Waals surface area contributed by atoms with Crippen molar-refractivity contribution in [1.29, 1.82) is 0 Å². The molecule has 0 bridgehead atoms. The summed E-state index contributed by atoms with van der Waals surface area (Å²) >= 11 is 0.